The van der Waals surface area contributed by atoms with E-state index in [-0.39, 0.29) is 18.4 Å². The van der Waals surface area contributed by atoms with Crippen LogP contribution in [-0.4, -0.2) is 12.6 Å². The first-order chi connectivity index (χ1) is 9.51. The number of nitrogens with two attached hydrogens (primary N) is 1. The molecule has 21 heavy (non-hydrogen) atoms. The number of hydrogen-bond acceptors (Lipinski definition) is 2. The number of halogens is 2. The van der Waals surface area contributed by atoms with Crippen LogP contribution in [0.15, 0.2) is 12.1 Å². The Labute approximate surface area is 139 Å². The van der Waals surface area contributed by atoms with Gasteiger partial charge in [-0.1, -0.05) is 38.4 Å². The molecule has 2 N–H and O–H groups in total. The van der Waals surface area contributed by atoms with E-state index in [9.17, 15) is 0 Å². The van der Waals surface area contributed by atoms with Crippen LogP contribution < -0.4 is 10.5 Å². The Balaban J connectivity index is 0.00000220. The smallest absolute Gasteiger partial charge is 0.141 e. The van der Waals surface area contributed by atoms with Gasteiger partial charge in [0.05, 0.1) is 11.6 Å². The Morgan fingerprint density at radius 1 is 1.33 bits per heavy atom. The molecule has 1 aliphatic rings. The molecule has 2 nitrogen and oxygen atoms in total. The average Bonchev–Trinajstić information content (AvgIpc) is 3.21. The number of rotatable bonds is 7. The molecule has 1 aliphatic carbocycles. The Morgan fingerprint density at radius 2 is 2.00 bits per heavy atom. The van der Waals surface area contributed by atoms with Gasteiger partial charge in [0.25, 0.3) is 0 Å². The number of ether oxygens (including phenoxy) is 1. The van der Waals surface area contributed by atoms with Gasteiger partial charge in [-0.05, 0) is 54.7 Å². The monoisotopic (exact) mass is 331 g/mol. The summed E-state index contributed by atoms with van der Waals surface area (Å²) < 4.78 is 5.98. The summed E-state index contributed by atoms with van der Waals surface area (Å²) in [7, 11) is 0. The van der Waals surface area contributed by atoms with Gasteiger partial charge in [-0.2, -0.15) is 0 Å². The first kappa shape index (κ1) is 18.6. The SMILES string of the molecule is CCC(N)Cc1cc(C(C)C)cc(Cl)c1OCC1CC1.Cl. The highest BCUT2D eigenvalue weighted by Gasteiger charge is 2.23. The molecular formula is C17H27Cl2NO. The molecule has 1 aromatic carbocycles. The lowest BCUT2D eigenvalue weighted by Gasteiger charge is -2.18. The van der Waals surface area contributed by atoms with Crippen LogP contribution in [0.3, 0.4) is 0 Å². The molecular weight excluding hydrogens is 305 g/mol. The van der Waals surface area contributed by atoms with Crippen molar-refractivity contribution >= 4 is 24.0 Å². The largest absolute Gasteiger partial charge is 0.491 e. The second-order valence-electron chi connectivity index (χ2n) is 6.27. The maximum absolute atomic E-state index is 6.44. The van der Waals surface area contributed by atoms with Crippen molar-refractivity contribution in [1.82, 2.24) is 0 Å². The molecule has 0 spiro atoms. The van der Waals surface area contributed by atoms with Crippen LogP contribution in [0.2, 0.25) is 5.02 Å². The van der Waals surface area contributed by atoms with Crippen molar-refractivity contribution in [3.8, 4) is 5.75 Å². The van der Waals surface area contributed by atoms with Gasteiger partial charge in [0.1, 0.15) is 5.75 Å². The fraction of sp³-hybridized carbons (Fsp3) is 0.647. The summed E-state index contributed by atoms with van der Waals surface area (Å²) in [5, 5.41) is 0.732. The zero-order valence-corrected chi connectivity index (χ0v) is 14.8. The molecule has 1 aromatic rings. The minimum Gasteiger partial charge on any atom is -0.491 e. The van der Waals surface area contributed by atoms with Gasteiger partial charge in [-0.25, -0.2) is 0 Å². The molecule has 1 saturated carbocycles. The van der Waals surface area contributed by atoms with E-state index in [1.165, 1.54) is 18.4 Å². The van der Waals surface area contributed by atoms with E-state index < -0.39 is 0 Å². The summed E-state index contributed by atoms with van der Waals surface area (Å²) in [6.07, 6.45) is 4.36. The quantitative estimate of drug-likeness (QED) is 0.766. The summed E-state index contributed by atoms with van der Waals surface area (Å²) in [6.45, 7) is 7.26. The van der Waals surface area contributed by atoms with Crippen LogP contribution in [0.5, 0.6) is 5.75 Å². The van der Waals surface area contributed by atoms with E-state index in [1.54, 1.807) is 0 Å². The lowest BCUT2D eigenvalue weighted by Crippen LogP contribution is -2.22. The Morgan fingerprint density at radius 3 is 2.52 bits per heavy atom. The maximum Gasteiger partial charge on any atom is 0.141 e. The lowest BCUT2D eigenvalue weighted by atomic mass is 9.96. The fourth-order valence-electron chi connectivity index (χ4n) is 2.23. The first-order valence-corrected chi connectivity index (χ1v) is 8.09. The third-order valence-corrected chi connectivity index (χ3v) is 4.26. The summed E-state index contributed by atoms with van der Waals surface area (Å²) in [4.78, 5) is 0. The van der Waals surface area contributed by atoms with E-state index in [1.807, 2.05) is 6.07 Å². The highest BCUT2D eigenvalue weighted by molar-refractivity contribution is 6.32. The van der Waals surface area contributed by atoms with Crippen molar-refractivity contribution < 1.29 is 4.74 Å². The van der Waals surface area contributed by atoms with Crippen LogP contribution >= 0.6 is 24.0 Å². The zero-order valence-electron chi connectivity index (χ0n) is 13.2. The molecule has 0 saturated heterocycles. The fourth-order valence-corrected chi connectivity index (χ4v) is 2.53. The van der Waals surface area contributed by atoms with Gasteiger partial charge in [0, 0.05) is 6.04 Å². The van der Waals surface area contributed by atoms with E-state index in [4.69, 9.17) is 22.1 Å². The summed E-state index contributed by atoms with van der Waals surface area (Å²) in [5.74, 6) is 2.04. The van der Waals surface area contributed by atoms with Gasteiger partial charge < -0.3 is 10.5 Å². The molecule has 120 valence electrons. The molecule has 1 unspecified atom stereocenters. The van der Waals surface area contributed by atoms with Crippen molar-refractivity contribution in [3.63, 3.8) is 0 Å². The van der Waals surface area contributed by atoms with Crippen LogP contribution in [0, 0.1) is 5.92 Å². The second kappa shape index (κ2) is 8.26. The Hall–Kier alpha value is -0.440. The summed E-state index contributed by atoms with van der Waals surface area (Å²) >= 11 is 6.44. The molecule has 2 rings (SSSR count). The predicted molar refractivity (Wildman–Crippen MR) is 93.0 cm³/mol. The molecule has 4 heteroatoms. The topological polar surface area (TPSA) is 35.2 Å². The summed E-state index contributed by atoms with van der Waals surface area (Å²) in [6, 6.07) is 4.42. The van der Waals surface area contributed by atoms with Crippen molar-refractivity contribution in [2.45, 2.75) is 58.4 Å². The molecule has 1 atom stereocenters. The maximum atomic E-state index is 6.44. The predicted octanol–water partition coefficient (Wildman–Crippen LogP) is 4.95. The van der Waals surface area contributed by atoms with E-state index in [2.05, 4.69) is 26.8 Å². The third-order valence-electron chi connectivity index (χ3n) is 3.98. The van der Waals surface area contributed by atoms with Gasteiger partial charge >= 0.3 is 0 Å². The zero-order chi connectivity index (χ0) is 14.7. The highest BCUT2D eigenvalue weighted by atomic mass is 35.5. The van der Waals surface area contributed by atoms with E-state index in [0.717, 1.165) is 41.7 Å². The standard InChI is InChI=1S/C17H26ClNO.ClH/c1-4-15(19)8-14-7-13(11(2)3)9-16(18)17(14)20-10-12-5-6-12;/h7,9,11-12,15H,4-6,8,10,19H2,1-3H3;1H. The van der Waals surface area contributed by atoms with Crippen molar-refractivity contribution in [2.24, 2.45) is 11.7 Å². The third kappa shape index (κ3) is 5.36. The van der Waals surface area contributed by atoms with Crippen LogP contribution in [0.25, 0.3) is 0 Å². The van der Waals surface area contributed by atoms with Gasteiger partial charge in [-0.15, -0.1) is 12.4 Å². The van der Waals surface area contributed by atoms with E-state index in [0.29, 0.717) is 5.92 Å². The molecule has 1 fully saturated rings. The van der Waals surface area contributed by atoms with Gasteiger partial charge in [0.2, 0.25) is 0 Å². The molecule has 0 aromatic heterocycles. The average molecular weight is 332 g/mol. The molecule has 0 bridgehead atoms. The first-order valence-electron chi connectivity index (χ1n) is 7.72. The van der Waals surface area contributed by atoms with Crippen LogP contribution in [0.1, 0.15) is 57.1 Å². The lowest BCUT2D eigenvalue weighted by molar-refractivity contribution is 0.296. The summed E-state index contributed by atoms with van der Waals surface area (Å²) in [5.41, 5.74) is 8.54. The highest BCUT2D eigenvalue weighted by Crippen LogP contribution is 2.36. The van der Waals surface area contributed by atoms with Crippen LogP contribution in [0.4, 0.5) is 0 Å². The second-order valence-corrected chi connectivity index (χ2v) is 6.68. The van der Waals surface area contributed by atoms with Crippen LogP contribution in [-0.2, 0) is 6.42 Å². The Bertz CT molecular complexity index is 458. The van der Waals surface area contributed by atoms with Crippen molar-refractivity contribution in [2.75, 3.05) is 6.61 Å². The van der Waals surface area contributed by atoms with E-state index >= 15 is 0 Å². The minimum atomic E-state index is 0. The molecule has 0 amide bonds. The van der Waals surface area contributed by atoms with Gasteiger partial charge in [-0.3, -0.25) is 0 Å². The molecule has 0 radical (unpaired) electrons. The molecule has 0 aliphatic heterocycles. The number of benzene rings is 1. The Kier molecular flexibility index (Phi) is 7.32. The number of hydrogen-bond donors (Lipinski definition) is 1. The van der Waals surface area contributed by atoms with Crippen molar-refractivity contribution in [1.29, 1.82) is 0 Å². The minimum absolute atomic E-state index is 0. The molecule has 0 heterocycles. The van der Waals surface area contributed by atoms with Gasteiger partial charge in [0.15, 0.2) is 0 Å². The normalized spacial score (nSPS) is 15.7. The van der Waals surface area contributed by atoms with Crippen molar-refractivity contribution in [3.05, 3.63) is 28.3 Å².